The van der Waals surface area contributed by atoms with Crippen LogP contribution in [0.15, 0.2) is 0 Å². The van der Waals surface area contributed by atoms with Gasteiger partial charge >= 0.3 is 0 Å². The summed E-state index contributed by atoms with van der Waals surface area (Å²) in [5, 5.41) is 0. The molecule has 0 unspecified atom stereocenters. The van der Waals surface area contributed by atoms with Crippen molar-refractivity contribution in [1.29, 1.82) is 0 Å². The highest BCUT2D eigenvalue weighted by Gasteiger charge is 2.25. The van der Waals surface area contributed by atoms with Gasteiger partial charge in [-0.1, -0.05) is 90.9 Å². The molecule has 0 aromatic carbocycles. The summed E-state index contributed by atoms with van der Waals surface area (Å²) in [4.78, 5) is 2.48. The van der Waals surface area contributed by atoms with Crippen LogP contribution in [0.3, 0.4) is 0 Å². The van der Waals surface area contributed by atoms with Gasteiger partial charge in [-0.15, -0.1) is 0 Å². The zero-order chi connectivity index (χ0) is 16.0. The van der Waals surface area contributed by atoms with E-state index in [1.165, 1.54) is 89.9 Å². The molecule has 0 aromatic heterocycles. The average Bonchev–Trinajstić information content (AvgIpc) is 2.46. The molecule has 0 atom stereocenters. The Morgan fingerprint density at radius 3 is 1.24 bits per heavy atom. The maximum atomic E-state index is 2.48. The Kier molecular flexibility index (Phi) is 13.6. The van der Waals surface area contributed by atoms with Crippen LogP contribution in [0.4, 0.5) is 0 Å². The molecule has 0 spiro atoms. The topological polar surface area (TPSA) is 3.24 Å². The first-order chi connectivity index (χ1) is 10.1. The fraction of sp³-hybridized carbons (Fsp3) is 1.00. The third kappa shape index (κ3) is 11.2. The minimum absolute atomic E-state index is 0.426. The van der Waals surface area contributed by atoms with E-state index in [1.807, 2.05) is 0 Å². The maximum Gasteiger partial charge on any atom is 0.0175 e. The van der Waals surface area contributed by atoms with Crippen LogP contribution in [0.25, 0.3) is 0 Å². The fourth-order valence-electron chi connectivity index (χ4n) is 3.14. The first-order valence-corrected chi connectivity index (χ1v) is 9.74. The molecular weight excluding hydrogens is 254 g/mol. The Morgan fingerprint density at radius 2 is 0.905 bits per heavy atom. The van der Waals surface area contributed by atoms with Gasteiger partial charge in [0.25, 0.3) is 0 Å². The molecule has 0 bridgehead atoms. The smallest absolute Gasteiger partial charge is 0.0175 e. The van der Waals surface area contributed by atoms with Crippen LogP contribution >= 0.6 is 0 Å². The normalized spacial score (nSPS) is 12.3. The average molecular weight is 298 g/mol. The van der Waals surface area contributed by atoms with Gasteiger partial charge in [0, 0.05) is 5.54 Å². The van der Waals surface area contributed by atoms with Gasteiger partial charge in [0.1, 0.15) is 0 Å². The van der Waals surface area contributed by atoms with Crippen molar-refractivity contribution in [1.82, 2.24) is 4.90 Å². The predicted octanol–water partition coefficient (Wildman–Crippen LogP) is 6.81. The highest BCUT2D eigenvalue weighted by atomic mass is 15.1. The molecule has 0 saturated carbocycles. The predicted molar refractivity (Wildman–Crippen MR) is 98.1 cm³/mol. The molecule has 0 radical (unpaired) electrons. The van der Waals surface area contributed by atoms with Crippen molar-refractivity contribution in [3.8, 4) is 0 Å². The summed E-state index contributed by atoms with van der Waals surface area (Å²) in [6, 6.07) is 0. The molecule has 0 amide bonds. The highest BCUT2D eigenvalue weighted by Crippen LogP contribution is 2.27. The summed E-state index contributed by atoms with van der Waals surface area (Å²) in [6.07, 6.45) is 19.7. The Balaban J connectivity index is 3.79. The summed E-state index contributed by atoms with van der Waals surface area (Å²) >= 11 is 0. The minimum atomic E-state index is 0.426. The van der Waals surface area contributed by atoms with Gasteiger partial charge < -0.3 is 4.90 Å². The van der Waals surface area contributed by atoms with Gasteiger partial charge in [0.2, 0.25) is 0 Å². The molecular formula is C20H43N. The number of nitrogens with zero attached hydrogens (tertiary/aromatic N) is 1. The molecule has 1 nitrogen and oxygen atoms in total. The van der Waals surface area contributed by atoms with Gasteiger partial charge in [0.05, 0.1) is 0 Å². The van der Waals surface area contributed by atoms with E-state index in [4.69, 9.17) is 0 Å². The Labute approximate surface area is 135 Å². The summed E-state index contributed by atoms with van der Waals surface area (Å²) in [5.41, 5.74) is 0.426. The maximum absolute atomic E-state index is 2.48. The first-order valence-electron chi connectivity index (χ1n) is 9.74. The summed E-state index contributed by atoms with van der Waals surface area (Å²) in [6.45, 7) is 7.07. The zero-order valence-electron chi connectivity index (χ0n) is 15.8. The monoisotopic (exact) mass is 297 g/mol. The van der Waals surface area contributed by atoms with Crippen molar-refractivity contribution in [2.24, 2.45) is 0 Å². The summed E-state index contributed by atoms with van der Waals surface area (Å²) in [7, 11) is 4.54. The van der Waals surface area contributed by atoms with E-state index in [0.717, 1.165) is 0 Å². The quantitative estimate of drug-likeness (QED) is 0.300. The van der Waals surface area contributed by atoms with Crippen molar-refractivity contribution < 1.29 is 0 Å². The van der Waals surface area contributed by atoms with E-state index >= 15 is 0 Å². The molecule has 0 fully saturated rings. The minimum Gasteiger partial charge on any atom is -0.304 e. The van der Waals surface area contributed by atoms with Gasteiger partial charge in [-0.3, -0.25) is 0 Å². The van der Waals surface area contributed by atoms with Crippen LogP contribution < -0.4 is 0 Å². The van der Waals surface area contributed by atoms with E-state index in [0.29, 0.717) is 5.54 Å². The van der Waals surface area contributed by atoms with Gasteiger partial charge in [0.15, 0.2) is 0 Å². The molecule has 0 aromatic rings. The SMILES string of the molecule is CCCCCCCCC(C)(CCCCCCCC)N(C)C. The molecule has 0 aliphatic carbocycles. The number of rotatable bonds is 15. The van der Waals surface area contributed by atoms with Crippen LogP contribution in [0, 0.1) is 0 Å². The van der Waals surface area contributed by atoms with Crippen LogP contribution in [-0.2, 0) is 0 Å². The van der Waals surface area contributed by atoms with Gasteiger partial charge in [-0.2, -0.15) is 0 Å². The third-order valence-electron chi connectivity index (χ3n) is 5.22. The zero-order valence-corrected chi connectivity index (χ0v) is 15.8. The molecule has 21 heavy (non-hydrogen) atoms. The second-order valence-electron chi connectivity index (χ2n) is 7.43. The Hall–Kier alpha value is -0.0400. The van der Waals surface area contributed by atoms with Gasteiger partial charge in [-0.25, -0.2) is 0 Å². The van der Waals surface area contributed by atoms with Crippen molar-refractivity contribution >= 4 is 0 Å². The standard InChI is InChI=1S/C20H43N/c1-6-8-10-12-14-16-18-20(3,21(4)5)19-17-15-13-11-9-7-2/h6-19H2,1-5H3. The molecule has 0 N–H and O–H groups in total. The molecule has 0 saturated heterocycles. The fourth-order valence-corrected chi connectivity index (χ4v) is 3.14. The molecule has 0 rings (SSSR count). The largest absolute Gasteiger partial charge is 0.304 e. The van der Waals surface area contributed by atoms with E-state index in [1.54, 1.807) is 0 Å². The van der Waals surface area contributed by atoms with Crippen LogP contribution in [-0.4, -0.2) is 24.5 Å². The van der Waals surface area contributed by atoms with E-state index < -0.39 is 0 Å². The Morgan fingerprint density at radius 1 is 0.571 bits per heavy atom. The second-order valence-corrected chi connectivity index (χ2v) is 7.43. The first kappa shape index (κ1) is 21.0. The summed E-state index contributed by atoms with van der Waals surface area (Å²) < 4.78 is 0. The molecule has 1 heteroatoms. The lowest BCUT2D eigenvalue weighted by atomic mass is 9.87. The van der Waals surface area contributed by atoms with Crippen LogP contribution in [0.5, 0.6) is 0 Å². The summed E-state index contributed by atoms with van der Waals surface area (Å²) in [5.74, 6) is 0. The van der Waals surface area contributed by atoms with E-state index in [2.05, 4.69) is 39.8 Å². The Bertz CT molecular complexity index is 194. The lowest BCUT2D eigenvalue weighted by molar-refractivity contribution is 0.139. The number of unbranched alkanes of at least 4 members (excludes halogenated alkanes) is 10. The van der Waals surface area contributed by atoms with Crippen molar-refractivity contribution in [2.75, 3.05) is 14.1 Å². The molecule has 128 valence electrons. The van der Waals surface area contributed by atoms with Gasteiger partial charge in [-0.05, 0) is 33.9 Å². The van der Waals surface area contributed by atoms with Crippen LogP contribution in [0.2, 0.25) is 0 Å². The van der Waals surface area contributed by atoms with Crippen molar-refractivity contribution in [3.63, 3.8) is 0 Å². The molecule has 0 aliphatic rings. The lowest BCUT2D eigenvalue weighted by Crippen LogP contribution is -2.41. The van der Waals surface area contributed by atoms with Crippen molar-refractivity contribution in [3.05, 3.63) is 0 Å². The van der Waals surface area contributed by atoms with Crippen LogP contribution in [0.1, 0.15) is 111 Å². The molecule has 0 heterocycles. The lowest BCUT2D eigenvalue weighted by Gasteiger charge is -2.37. The third-order valence-corrected chi connectivity index (χ3v) is 5.22. The molecule has 0 aliphatic heterocycles. The second kappa shape index (κ2) is 13.6. The van der Waals surface area contributed by atoms with Crippen molar-refractivity contribution in [2.45, 2.75) is 116 Å². The number of hydrogen-bond donors (Lipinski definition) is 0. The van der Waals surface area contributed by atoms with E-state index in [9.17, 15) is 0 Å². The van der Waals surface area contributed by atoms with E-state index in [-0.39, 0.29) is 0 Å². The highest BCUT2D eigenvalue weighted by molar-refractivity contribution is 4.82. The number of hydrogen-bond acceptors (Lipinski definition) is 1.